The summed E-state index contributed by atoms with van der Waals surface area (Å²) in [7, 11) is 0. The summed E-state index contributed by atoms with van der Waals surface area (Å²) in [6.45, 7) is 2.30. The average molecular weight is 287 g/mol. The van der Waals surface area contributed by atoms with Crippen molar-refractivity contribution in [2.45, 2.75) is 25.5 Å². The monoisotopic (exact) mass is 287 g/mol. The fraction of sp³-hybridized carbons (Fsp3) is 0.294. The van der Waals surface area contributed by atoms with Crippen molar-refractivity contribution >= 4 is 0 Å². The second-order valence-corrected chi connectivity index (χ2v) is 4.91. The van der Waals surface area contributed by atoms with E-state index in [2.05, 4.69) is 0 Å². The van der Waals surface area contributed by atoms with Crippen molar-refractivity contribution < 1.29 is 14.9 Å². The van der Waals surface area contributed by atoms with E-state index in [0.717, 1.165) is 5.56 Å². The van der Waals surface area contributed by atoms with E-state index in [-0.39, 0.29) is 5.75 Å². The van der Waals surface area contributed by atoms with Crippen molar-refractivity contribution in [1.82, 2.24) is 0 Å². The van der Waals surface area contributed by atoms with E-state index >= 15 is 0 Å². The lowest BCUT2D eigenvalue weighted by atomic mass is 9.96. The molecule has 4 N–H and O–H groups in total. The first-order valence-electron chi connectivity index (χ1n) is 7.05. The Bertz CT molecular complexity index is 572. The first-order chi connectivity index (χ1) is 10.1. The number of rotatable bonds is 6. The summed E-state index contributed by atoms with van der Waals surface area (Å²) in [4.78, 5) is 0. The third-order valence-corrected chi connectivity index (χ3v) is 3.39. The molecular weight excluding hydrogens is 266 g/mol. The van der Waals surface area contributed by atoms with Crippen LogP contribution in [0, 0.1) is 0 Å². The number of aliphatic hydroxyl groups excluding tert-OH is 1. The van der Waals surface area contributed by atoms with Gasteiger partial charge < -0.3 is 20.7 Å². The summed E-state index contributed by atoms with van der Waals surface area (Å²) < 4.78 is 5.34. The third kappa shape index (κ3) is 3.74. The normalized spacial score (nSPS) is 13.7. The van der Waals surface area contributed by atoms with Gasteiger partial charge in [0, 0.05) is 12.0 Å². The van der Waals surface area contributed by atoms with Crippen LogP contribution in [0.4, 0.5) is 0 Å². The predicted octanol–water partition coefficient (Wildman–Crippen LogP) is 2.39. The molecule has 0 saturated heterocycles. The van der Waals surface area contributed by atoms with Crippen LogP contribution < -0.4 is 10.5 Å². The molecule has 2 aromatic carbocycles. The maximum atomic E-state index is 10.3. The van der Waals surface area contributed by atoms with Crippen LogP contribution in [-0.2, 0) is 6.42 Å². The smallest absolute Gasteiger partial charge is 0.162 e. The standard InChI is InChI=1S/C17H21NO3/c1-2-21-15-10-6-9-13(17(15)20)16(18)14(19)11-12-7-4-3-5-8-12/h3-10,14,16,19-20H,2,11,18H2,1H3/t14-,16+/m1/s1. The maximum Gasteiger partial charge on any atom is 0.162 e. The van der Waals surface area contributed by atoms with Gasteiger partial charge in [-0.1, -0.05) is 42.5 Å². The summed E-state index contributed by atoms with van der Waals surface area (Å²) in [5, 5.41) is 20.5. The Labute approximate surface area is 124 Å². The summed E-state index contributed by atoms with van der Waals surface area (Å²) >= 11 is 0. The van der Waals surface area contributed by atoms with Gasteiger partial charge in [-0.05, 0) is 18.6 Å². The molecule has 0 saturated carbocycles. The Balaban J connectivity index is 2.15. The van der Waals surface area contributed by atoms with Crippen molar-refractivity contribution in [3.8, 4) is 11.5 Å². The molecule has 4 nitrogen and oxygen atoms in total. The Morgan fingerprint density at radius 2 is 1.81 bits per heavy atom. The zero-order valence-electron chi connectivity index (χ0n) is 12.1. The van der Waals surface area contributed by atoms with E-state index in [1.165, 1.54) is 0 Å². The van der Waals surface area contributed by atoms with Gasteiger partial charge in [-0.2, -0.15) is 0 Å². The maximum absolute atomic E-state index is 10.3. The van der Waals surface area contributed by atoms with Gasteiger partial charge in [0.2, 0.25) is 0 Å². The van der Waals surface area contributed by atoms with Crippen molar-refractivity contribution in [3.63, 3.8) is 0 Å². The molecule has 0 radical (unpaired) electrons. The van der Waals surface area contributed by atoms with Gasteiger partial charge in [0.25, 0.3) is 0 Å². The Morgan fingerprint density at radius 3 is 2.48 bits per heavy atom. The molecule has 0 aliphatic heterocycles. The average Bonchev–Trinajstić information content (AvgIpc) is 2.50. The number of phenols is 1. The fourth-order valence-corrected chi connectivity index (χ4v) is 2.27. The molecule has 21 heavy (non-hydrogen) atoms. The second kappa shape index (κ2) is 7.11. The Hall–Kier alpha value is -2.04. The topological polar surface area (TPSA) is 75.7 Å². The highest BCUT2D eigenvalue weighted by atomic mass is 16.5. The first-order valence-corrected chi connectivity index (χ1v) is 7.05. The number of hydrogen-bond acceptors (Lipinski definition) is 4. The Kier molecular flexibility index (Phi) is 5.20. The number of aromatic hydroxyl groups is 1. The largest absolute Gasteiger partial charge is 0.504 e. The zero-order valence-corrected chi connectivity index (χ0v) is 12.1. The molecule has 0 fully saturated rings. The number of hydrogen-bond donors (Lipinski definition) is 3. The molecule has 2 atom stereocenters. The van der Waals surface area contributed by atoms with Crippen LogP contribution in [0.5, 0.6) is 11.5 Å². The van der Waals surface area contributed by atoms with Crippen LogP contribution in [0.2, 0.25) is 0 Å². The molecule has 0 unspecified atom stereocenters. The molecule has 0 heterocycles. The van der Waals surface area contributed by atoms with Gasteiger partial charge in [-0.3, -0.25) is 0 Å². The molecule has 2 rings (SSSR count). The summed E-state index contributed by atoms with van der Waals surface area (Å²) in [6.07, 6.45) is -0.351. The quantitative estimate of drug-likeness (QED) is 0.762. The summed E-state index contributed by atoms with van der Waals surface area (Å²) in [5.41, 5.74) is 7.58. The molecule has 0 amide bonds. The number of para-hydroxylation sites is 1. The number of benzene rings is 2. The predicted molar refractivity (Wildman–Crippen MR) is 82.4 cm³/mol. The SMILES string of the molecule is CCOc1cccc([C@H](N)[C@H](O)Cc2ccccc2)c1O. The van der Waals surface area contributed by atoms with Gasteiger partial charge >= 0.3 is 0 Å². The van der Waals surface area contributed by atoms with E-state index in [1.807, 2.05) is 37.3 Å². The first kappa shape index (κ1) is 15.4. The summed E-state index contributed by atoms with van der Waals surface area (Å²) in [6, 6.07) is 14.1. The van der Waals surface area contributed by atoms with E-state index in [1.54, 1.807) is 18.2 Å². The van der Waals surface area contributed by atoms with Gasteiger partial charge in [-0.25, -0.2) is 0 Å². The molecule has 0 aliphatic rings. The van der Waals surface area contributed by atoms with Gasteiger partial charge in [0.15, 0.2) is 11.5 Å². The number of ether oxygens (including phenoxy) is 1. The summed E-state index contributed by atoms with van der Waals surface area (Å²) in [5.74, 6) is 0.385. The zero-order chi connectivity index (χ0) is 15.2. The van der Waals surface area contributed by atoms with Crippen molar-refractivity contribution in [2.75, 3.05) is 6.61 Å². The van der Waals surface area contributed by atoms with Gasteiger partial charge in [0.05, 0.1) is 18.8 Å². The van der Waals surface area contributed by atoms with Crippen molar-refractivity contribution in [2.24, 2.45) is 5.73 Å². The molecule has 2 aromatic rings. The van der Waals surface area contributed by atoms with Gasteiger partial charge in [0.1, 0.15) is 0 Å². The van der Waals surface area contributed by atoms with E-state index in [0.29, 0.717) is 24.3 Å². The highest BCUT2D eigenvalue weighted by Gasteiger charge is 2.22. The minimum Gasteiger partial charge on any atom is -0.504 e. The highest BCUT2D eigenvalue weighted by Crippen LogP contribution is 2.34. The van der Waals surface area contributed by atoms with Crippen LogP contribution in [-0.4, -0.2) is 22.9 Å². The number of nitrogens with two attached hydrogens (primary N) is 1. The lowest BCUT2D eigenvalue weighted by molar-refractivity contribution is 0.143. The molecule has 112 valence electrons. The van der Waals surface area contributed by atoms with Crippen LogP contribution in [0.3, 0.4) is 0 Å². The minimum absolute atomic E-state index is 0.000961. The Morgan fingerprint density at radius 1 is 1.10 bits per heavy atom. The molecule has 0 aliphatic carbocycles. The molecular formula is C17H21NO3. The molecule has 0 spiro atoms. The van der Waals surface area contributed by atoms with Crippen molar-refractivity contribution in [3.05, 3.63) is 59.7 Å². The fourth-order valence-electron chi connectivity index (χ4n) is 2.27. The van der Waals surface area contributed by atoms with E-state index in [4.69, 9.17) is 10.5 Å². The lowest BCUT2D eigenvalue weighted by Gasteiger charge is -2.21. The van der Waals surface area contributed by atoms with Crippen LogP contribution in [0.1, 0.15) is 24.1 Å². The van der Waals surface area contributed by atoms with Crippen molar-refractivity contribution in [1.29, 1.82) is 0 Å². The van der Waals surface area contributed by atoms with E-state index in [9.17, 15) is 10.2 Å². The van der Waals surface area contributed by atoms with Gasteiger partial charge in [-0.15, -0.1) is 0 Å². The minimum atomic E-state index is -0.782. The van der Waals surface area contributed by atoms with Crippen LogP contribution in [0.25, 0.3) is 0 Å². The number of phenolic OH excluding ortho intramolecular Hbond substituents is 1. The lowest BCUT2D eigenvalue weighted by Crippen LogP contribution is -2.28. The van der Waals surface area contributed by atoms with Crippen LogP contribution >= 0.6 is 0 Å². The number of aliphatic hydroxyl groups is 1. The molecule has 0 aromatic heterocycles. The highest BCUT2D eigenvalue weighted by molar-refractivity contribution is 5.47. The van der Waals surface area contributed by atoms with E-state index < -0.39 is 12.1 Å². The van der Waals surface area contributed by atoms with Crippen LogP contribution in [0.15, 0.2) is 48.5 Å². The molecule has 0 bridgehead atoms. The second-order valence-electron chi connectivity index (χ2n) is 4.91. The molecule has 4 heteroatoms. The third-order valence-electron chi connectivity index (χ3n) is 3.39.